The summed E-state index contributed by atoms with van der Waals surface area (Å²) in [5, 5.41) is 10.4. The molecule has 23 heavy (non-hydrogen) atoms. The third-order valence-corrected chi connectivity index (χ3v) is 3.54. The maximum Gasteiger partial charge on any atom is 0.165 e. The lowest BCUT2D eigenvalue weighted by atomic mass is 10.1. The molecular formula is C17H16FN3O2. The van der Waals surface area contributed by atoms with E-state index in [1.54, 1.807) is 29.2 Å². The maximum absolute atomic E-state index is 13.8. The van der Waals surface area contributed by atoms with Crippen LogP contribution in [0.15, 0.2) is 55.0 Å². The molecule has 2 aromatic heterocycles. The Balaban J connectivity index is 1.83. The van der Waals surface area contributed by atoms with Crippen molar-refractivity contribution in [2.24, 2.45) is 0 Å². The largest absolute Gasteiger partial charge is 0.494 e. The van der Waals surface area contributed by atoms with E-state index in [1.165, 1.54) is 19.2 Å². The van der Waals surface area contributed by atoms with Crippen LogP contribution in [0.3, 0.4) is 0 Å². The molecule has 1 atom stereocenters. The standard InChI is InChI=1S/C17H16FN3O2/c1-23-16-6-5-12(10-13(16)18)15(22)11-21-9-8-20-17(21)14-4-2-3-7-19-14/h2-10,15,22H,11H2,1H3. The van der Waals surface area contributed by atoms with Crippen molar-refractivity contribution in [3.8, 4) is 17.3 Å². The minimum Gasteiger partial charge on any atom is -0.494 e. The SMILES string of the molecule is COc1ccc(C(O)Cn2ccnc2-c2ccccn2)cc1F. The predicted molar refractivity (Wildman–Crippen MR) is 83.4 cm³/mol. The van der Waals surface area contributed by atoms with Crippen molar-refractivity contribution in [3.05, 3.63) is 66.4 Å². The molecule has 0 spiro atoms. The normalized spacial score (nSPS) is 12.1. The number of imidazole rings is 1. The van der Waals surface area contributed by atoms with Crippen molar-refractivity contribution in [2.75, 3.05) is 7.11 Å². The van der Waals surface area contributed by atoms with Gasteiger partial charge in [0.25, 0.3) is 0 Å². The second kappa shape index (κ2) is 6.58. The average Bonchev–Trinajstić information content (AvgIpc) is 3.03. The van der Waals surface area contributed by atoms with Gasteiger partial charge in [-0.05, 0) is 29.8 Å². The molecule has 0 radical (unpaired) electrons. The third-order valence-electron chi connectivity index (χ3n) is 3.54. The molecule has 0 amide bonds. The Morgan fingerprint density at radius 3 is 2.78 bits per heavy atom. The summed E-state index contributed by atoms with van der Waals surface area (Å²) in [5.41, 5.74) is 1.19. The third kappa shape index (κ3) is 3.22. The van der Waals surface area contributed by atoms with Crippen molar-refractivity contribution in [1.82, 2.24) is 14.5 Å². The lowest BCUT2D eigenvalue weighted by molar-refractivity contribution is 0.156. The number of halogens is 1. The van der Waals surface area contributed by atoms with E-state index in [0.29, 0.717) is 17.1 Å². The first kappa shape index (κ1) is 15.2. The van der Waals surface area contributed by atoms with Crippen molar-refractivity contribution in [2.45, 2.75) is 12.6 Å². The minimum absolute atomic E-state index is 0.151. The molecule has 2 heterocycles. The van der Waals surface area contributed by atoms with Crippen molar-refractivity contribution < 1.29 is 14.2 Å². The van der Waals surface area contributed by atoms with E-state index in [4.69, 9.17) is 4.74 Å². The van der Waals surface area contributed by atoms with E-state index >= 15 is 0 Å². The number of aliphatic hydroxyl groups is 1. The highest BCUT2D eigenvalue weighted by molar-refractivity contribution is 5.49. The summed E-state index contributed by atoms with van der Waals surface area (Å²) in [7, 11) is 1.40. The Morgan fingerprint density at radius 1 is 1.22 bits per heavy atom. The van der Waals surface area contributed by atoms with Gasteiger partial charge in [-0.3, -0.25) is 4.98 Å². The molecule has 6 heteroatoms. The molecule has 0 saturated carbocycles. The van der Waals surface area contributed by atoms with Crippen molar-refractivity contribution in [1.29, 1.82) is 0 Å². The highest BCUT2D eigenvalue weighted by atomic mass is 19.1. The van der Waals surface area contributed by atoms with Crippen LogP contribution in [0.5, 0.6) is 5.75 Å². The van der Waals surface area contributed by atoms with E-state index < -0.39 is 11.9 Å². The molecule has 1 N–H and O–H groups in total. The molecule has 1 unspecified atom stereocenters. The summed E-state index contributed by atoms with van der Waals surface area (Å²) in [4.78, 5) is 8.53. The Hall–Kier alpha value is -2.73. The van der Waals surface area contributed by atoms with Gasteiger partial charge in [0.2, 0.25) is 0 Å². The number of aromatic nitrogens is 3. The number of benzene rings is 1. The molecule has 0 aliphatic rings. The summed E-state index contributed by atoms with van der Waals surface area (Å²) in [5.74, 6) is 0.302. The predicted octanol–water partition coefficient (Wildman–Crippen LogP) is 2.83. The Bertz CT molecular complexity index is 790. The number of aliphatic hydroxyl groups excluding tert-OH is 1. The second-order valence-electron chi connectivity index (χ2n) is 5.03. The summed E-state index contributed by atoms with van der Waals surface area (Å²) < 4.78 is 20.4. The van der Waals surface area contributed by atoms with Crippen LogP contribution in [-0.4, -0.2) is 26.8 Å². The topological polar surface area (TPSA) is 60.2 Å². The van der Waals surface area contributed by atoms with Gasteiger partial charge in [0.1, 0.15) is 5.69 Å². The monoisotopic (exact) mass is 313 g/mol. The number of hydrogen-bond donors (Lipinski definition) is 1. The van der Waals surface area contributed by atoms with E-state index in [-0.39, 0.29) is 12.3 Å². The number of pyridine rings is 1. The number of ether oxygens (including phenoxy) is 1. The number of methoxy groups -OCH3 is 1. The fraction of sp³-hybridized carbons (Fsp3) is 0.176. The van der Waals surface area contributed by atoms with E-state index in [1.807, 2.05) is 18.2 Å². The van der Waals surface area contributed by atoms with Crippen LogP contribution in [0.2, 0.25) is 0 Å². The molecule has 0 fully saturated rings. The molecular weight excluding hydrogens is 297 g/mol. The van der Waals surface area contributed by atoms with Gasteiger partial charge in [-0.1, -0.05) is 12.1 Å². The maximum atomic E-state index is 13.8. The Kier molecular flexibility index (Phi) is 4.34. The molecule has 0 aliphatic heterocycles. The van der Waals surface area contributed by atoms with Gasteiger partial charge in [0.05, 0.1) is 19.8 Å². The zero-order valence-corrected chi connectivity index (χ0v) is 12.6. The molecule has 3 aromatic rings. The van der Waals surface area contributed by atoms with Gasteiger partial charge in [0.15, 0.2) is 17.4 Å². The Labute approximate surface area is 133 Å². The summed E-state index contributed by atoms with van der Waals surface area (Å²) >= 11 is 0. The van der Waals surface area contributed by atoms with Gasteiger partial charge in [-0.15, -0.1) is 0 Å². The number of rotatable bonds is 5. The fourth-order valence-corrected chi connectivity index (χ4v) is 2.37. The quantitative estimate of drug-likeness (QED) is 0.787. The van der Waals surface area contributed by atoms with Crippen molar-refractivity contribution >= 4 is 0 Å². The first-order valence-electron chi connectivity index (χ1n) is 7.13. The van der Waals surface area contributed by atoms with E-state index in [9.17, 15) is 9.50 Å². The smallest absolute Gasteiger partial charge is 0.165 e. The van der Waals surface area contributed by atoms with E-state index in [0.717, 1.165) is 0 Å². The van der Waals surface area contributed by atoms with Gasteiger partial charge in [-0.25, -0.2) is 9.37 Å². The lowest BCUT2D eigenvalue weighted by Gasteiger charge is -2.14. The molecule has 0 bridgehead atoms. The Morgan fingerprint density at radius 2 is 2.09 bits per heavy atom. The van der Waals surface area contributed by atoms with Crippen molar-refractivity contribution in [3.63, 3.8) is 0 Å². The lowest BCUT2D eigenvalue weighted by Crippen LogP contribution is -2.10. The average molecular weight is 313 g/mol. The highest BCUT2D eigenvalue weighted by Gasteiger charge is 2.15. The first-order valence-corrected chi connectivity index (χ1v) is 7.13. The fourth-order valence-electron chi connectivity index (χ4n) is 2.37. The summed E-state index contributed by atoms with van der Waals surface area (Å²) in [6.45, 7) is 0.248. The van der Waals surface area contributed by atoms with Crippen LogP contribution in [-0.2, 0) is 6.54 Å². The van der Waals surface area contributed by atoms with Gasteiger partial charge in [0, 0.05) is 18.6 Å². The minimum atomic E-state index is -0.868. The zero-order chi connectivity index (χ0) is 16.2. The van der Waals surface area contributed by atoms with Crippen LogP contribution >= 0.6 is 0 Å². The van der Waals surface area contributed by atoms with Crippen LogP contribution in [0.25, 0.3) is 11.5 Å². The molecule has 1 aromatic carbocycles. The van der Waals surface area contributed by atoms with Gasteiger partial charge < -0.3 is 14.4 Å². The second-order valence-corrected chi connectivity index (χ2v) is 5.03. The zero-order valence-electron chi connectivity index (χ0n) is 12.6. The van der Waals surface area contributed by atoms with Crippen LogP contribution in [0.1, 0.15) is 11.7 Å². The number of hydrogen-bond acceptors (Lipinski definition) is 4. The van der Waals surface area contributed by atoms with Crippen LogP contribution in [0.4, 0.5) is 4.39 Å². The first-order chi connectivity index (χ1) is 11.2. The molecule has 3 rings (SSSR count). The van der Waals surface area contributed by atoms with Crippen LogP contribution < -0.4 is 4.74 Å². The highest BCUT2D eigenvalue weighted by Crippen LogP contribution is 2.24. The summed E-state index contributed by atoms with van der Waals surface area (Å²) in [6, 6.07) is 9.97. The van der Waals surface area contributed by atoms with Crippen LogP contribution in [0, 0.1) is 5.82 Å². The molecule has 0 aliphatic carbocycles. The number of nitrogens with zero attached hydrogens (tertiary/aromatic N) is 3. The molecule has 5 nitrogen and oxygen atoms in total. The van der Waals surface area contributed by atoms with Gasteiger partial charge in [-0.2, -0.15) is 0 Å². The summed E-state index contributed by atoms with van der Waals surface area (Å²) in [6.07, 6.45) is 4.22. The van der Waals surface area contributed by atoms with E-state index in [2.05, 4.69) is 9.97 Å². The van der Waals surface area contributed by atoms with Gasteiger partial charge >= 0.3 is 0 Å². The molecule has 118 valence electrons. The molecule has 0 saturated heterocycles.